The Hall–Kier alpha value is -0.0357. The molecule has 0 aromatic rings. The van der Waals surface area contributed by atoms with E-state index >= 15 is 0 Å². The molecule has 0 N–H and O–H groups in total. The summed E-state index contributed by atoms with van der Waals surface area (Å²) < 4.78 is 0.257. The van der Waals surface area contributed by atoms with Gasteiger partial charge in [-0.1, -0.05) is 0 Å². The van der Waals surface area contributed by atoms with Crippen LogP contribution in [-0.4, -0.2) is 0 Å². The van der Waals surface area contributed by atoms with Crippen molar-refractivity contribution in [2.24, 2.45) is 0 Å². The van der Waals surface area contributed by atoms with E-state index in [0.29, 0.717) is 0 Å². The summed E-state index contributed by atoms with van der Waals surface area (Å²) in [6.07, 6.45) is 15.6. The second-order valence-corrected chi connectivity index (χ2v) is 5.33. The molecule has 0 spiro atoms. The van der Waals surface area contributed by atoms with Crippen LogP contribution in [0, 0.1) is 0 Å². The summed E-state index contributed by atoms with van der Waals surface area (Å²) in [6.45, 7) is 2.32. The predicted molar refractivity (Wildman–Crippen MR) is 59.3 cm³/mol. The Labute approximate surface area is 104 Å². The molecule has 0 bridgehead atoms. The Morgan fingerprint density at radius 1 is 1.07 bits per heavy atom. The molecule has 73 valence electrons. The zero-order valence-corrected chi connectivity index (χ0v) is 10.7. The van der Waals surface area contributed by atoms with Crippen LogP contribution in [0.25, 0.3) is 0 Å². The van der Waals surface area contributed by atoms with Crippen molar-refractivity contribution in [1.82, 2.24) is 0 Å². The Balaban J connectivity index is 0.000000980. The standard InChI is InChI=1S/C12H13.ClH.Ti/c1-10(11-6-2-3-7-11)12-8-4-5-9-12;;/h2-6,8H,7,9H2,1H3;1H;. The molecule has 0 heterocycles. The molecule has 2 aliphatic rings. The number of hydrogen-bond acceptors (Lipinski definition) is 0. The number of allylic oxidation sites excluding steroid dienone is 8. The first kappa shape index (κ1) is 12.0. The van der Waals surface area contributed by atoms with Crippen LogP contribution in [0.2, 0.25) is 3.72 Å². The first-order chi connectivity index (χ1) is 6.21. The zero-order chi connectivity index (χ0) is 9.31. The maximum atomic E-state index is 2.32. The number of hydrogen-bond donors (Lipinski definition) is 0. The molecule has 2 heteroatoms. The van der Waals surface area contributed by atoms with Crippen molar-refractivity contribution in [3.8, 4) is 0 Å². The zero-order valence-electron chi connectivity index (χ0n) is 8.29. The average molecular weight is 242 g/mol. The normalized spacial score (nSPS) is 19.1. The summed E-state index contributed by atoms with van der Waals surface area (Å²) in [5.41, 5.74) is 3.09. The Morgan fingerprint density at radius 2 is 1.50 bits per heavy atom. The van der Waals surface area contributed by atoms with E-state index in [4.69, 9.17) is 0 Å². The van der Waals surface area contributed by atoms with Gasteiger partial charge in [0.05, 0.1) is 0 Å². The van der Waals surface area contributed by atoms with Crippen molar-refractivity contribution in [2.75, 3.05) is 0 Å². The molecule has 0 radical (unpaired) electrons. The van der Waals surface area contributed by atoms with Crippen molar-refractivity contribution in [1.29, 1.82) is 0 Å². The molecule has 14 heavy (non-hydrogen) atoms. The fraction of sp³-hybridized carbons (Fsp3) is 0.333. The van der Waals surface area contributed by atoms with Gasteiger partial charge in [-0.25, -0.2) is 0 Å². The summed E-state index contributed by atoms with van der Waals surface area (Å²) in [4.78, 5) is 0. The molecule has 0 fully saturated rings. The second-order valence-electron chi connectivity index (χ2n) is 3.77. The fourth-order valence-corrected chi connectivity index (χ4v) is 2.42. The minimum Gasteiger partial charge on any atom is -0.147 e. The first-order valence-electron chi connectivity index (χ1n) is 4.68. The average Bonchev–Trinajstić information content (AvgIpc) is 2.78. The third-order valence-corrected chi connectivity index (χ3v) is 3.83. The van der Waals surface area contributed by atoms with E-state index in [1.807, 2.05) is 0 Å². The Bertz CT molecular complexity index is 300. The summed E-state index contributed by atoms with van der Waals surface area (Å²) in [7, 11) is 0. The van der Waals surface area contributed by atoms with Crippen LogP contribution in [0.4, 0.5) is 0 Å². The van der Waals surface area contributed by atoms with Crippen LogP contribution in [0.1, 0.15) is 19.8 Å². The van der Waals surface area contributed by atoms with Crippen LogP contribution in [0.15, 0.2) is 47.6 Å². The van der Waals surface area contributed by atoms with E-state index < -0.39 is 0 Å². The van der Waals surface area contributed by atoms with Crippen molar-refractivity contribution < 1.29 is 20.4 Å². The quantitative estimate of drug-likeness (QED) is 0.643. The molecule has 0 saturated heterocycles. The van der Waals surface area contributed by atoms with Crippen molar-refractivity contribution in [2.45, 2.75) is 23.5 Å². The molecule has 0 amide bonds. The minimum atomic E-state index is 0. The van der Waals surface area contributed by atoms with Crippen LogP contribution >= 0.6 is 12.4 Å². The molecule has 2 rings (SSSR count). The van der Waals surface area contributed by atoms with Crippen LogP contribution in [0.5, 0.6) is 0 Å². The number of rotatable bonds is 2. The van der Waals surface area contributed by atoms with Crippen LogP contribution in [-0.2, 0) is 20.4 Å². The molecule has 0 nitrogen and oxygen atoms in total. The van der Waals surface area contributed by atoms with E-state index in [1.165, 1.54) is 0 Å². The van der Waals surface area contributed by atoms with E-state index in [9.17, 15) is 0 Å². The molecule has 0 aliphatic heterocycles. The maximum absolute atomic E-state index is 2.32. The first-order valence-corrected chi connectivity index (χ1v) is 5.47. The molecule has 2 aliphatic carbocycles. The van der Waals surface area contributed by atoms with E-state index in [0.717, 1.165) is 12.8 Å². The molecular formula is C12H14ClTi. The maximum Gasteiger partial charge on any atom is -0.147 e. The van der Waals surface area contributed by atoms with Gasteiger partial charge < -0.3 is 0 Å². The molecule has 0 aromatic carbocycles. The van der Waals surface area contributed by atoms with E-state index in [-0.39, 0.29) is 16.1 Å². The van der Waals surface area contributed by atoms with Gasteiger partial charge in [-0.15, -0.1) is 12.4 Å². The number of halogens is 1. The summed E-state index contributed by atoms with van der Waals surface area (Å²) in [5, 5.41) is 0. The van der Waals surface area contributed by atoms with Gasteiger partial charge in [0.25, 0.3) is 0 Å². The van der Waals surface area contributed by atoms with Gasteiger partial charge in [-0.05, 0) is 0 Å². The molecular weight excluding hydrogens is 227 g/mol. The van der Waals surface area contributed by atoms with Gasteiger partial charge in [0, 0.05) is 0 Å². The largest absolute Gasteiger partial charge is 0.147 e. The van der Waals surface area contributed by atoms with Crippen molar-refractivity contribution in [3.05, 3.63) is 47.6 Å². The van der Waals surface area contributed by atoms with Crippen molar-refractivity contribution in [3.63, 3.8) is 0 Å². The van der Waals surface area contributed by atoms with Crippen LogP contribution < -0.4 is 0 Å². The van der Waals surface area contributed by atoms with Gasteiger partial charge in [0.2, 0.25) is 0 Å². The van der Waals surface area contributed by atoms with Crippen LogP contribution in [0.3, 0.4) is 0 Å². The molecule has 0 saturated carbocycles. The second kappa shape index (κ2) is 4.66. The molecule has 0 aromatic heterocycles. The SMILES string of the molecule is C[C]([Ti])(C1=CC=CC1)C1=CC=CC1.Cl. The molecule has 0 atom stereocenters. The van der Waals surface area contributed by atoms with E-state index in [1.54, 1.807) is 11.1 Å². The monoisotopic (exact) mass is 241 g/mol. The minimum absolute atomic E-state index is 0. The van der Waals surface area contributed by atoms with Gasteiger partial charge in [-0.3, -0.25) is 0 Å². The van der Waals surface area contributed by atoms with Gasteiger partial charge in [0.15, 0.2) is 0 Å². The third kappa shape index (κ3) is 2.13. The Kier molecular flexibility index (Phi) is 4.00. The van der Waals surface area contributed by atoms with Gasteiger partial charge >= 0.3 is 91.5 Å². The molecule has 0 unspecified atom stereocenters. The summed E-state index contributed by atoms with van der Waals surface area (Å²) >= 11 is 2.32. The fourth-order valence-electron chi connectivity index (χ4n) is 1.84. The third-order valence-electron chi connectivity index (χ3n) is 2.83. The van der Waals surface area contributed by atoms with E-state index in [2.05, 4.69) is 63.8 Å². The summed E-state index contributed by atoms with van der Waals surface area (Å²) in [6, 6.07) is 0. The van der Waals surface area contributed by atoms with Gasteiger partial charge in [0.1, 0.15) is 0 Å². The topological polar surface area (TPSA) is 0 Å². The van der Waals surface area contributed by atoms with Gasteiger partial charge in [-0.2, -0.15) is 0 Å². The smallest absolute Gasteiger partial charge is 0.147 e. The Morgan fingerprint density at radius 3 is 1.79 bits per heavy atom. The predicted octanol–water partition coefficient (Wildman–Crippen LogP) is 3.91. The van der Waals surface area contributed by atoms with Crippen molar-refractivity contribution >= 4 is 12.4 Å². The summed E-state index contributed by atoms with van der Waals surface area (Å²) in [5.74, 6) is 0.